The number of hydrogen-bond acceptors (Lipinski definition) is 4. The summed E-state index contributed by atoms with van der Waals surface area (Å²) in [6, 6.07) is 0. The molecule has 0 spiro atoms. The van der Waals surface area contributed by atoms with Gasteiger partial charge in [0.05, 0.1) is 12.2 Å². The number of carbonyl (C=O) groups is 1. The first-order chi connectivity index (χ1) is 9.61. The second-order valence-corrected chi connectivity index (χ2v) is 6.12. The van der Waals surface area contributed by atoms with Crippen molar-refractivity contribution in [2.45, 2.75) is 38.8 Å². The molecule has 110 valence electrons. The fourth-order valence-electron chi connectivity index (χ4n) is 2.33. The highest BCUT2D eigenvalue weighted by molar-refractivity contribution is 7.09. The van der Waals surface area contributed by atoms with Crippen molar-refractivity contribution in [2.75, 3.05) is 14.2 Å². The van der Waals surface area contributed by atoms with Crippen LogP contribution in [0.3, 0.4) is 0 Å². The van der Waals surface area contributed by atoms with Gasteiger partial charge in [-0.2, -0.15) is 0 Å². The predicted molar refractivity (Wildman–Crippen MR) is 80.5 cm³/mol. The Morgan fingerprint density at radius 2 is 2.40 bits per heavy atom. The minimum absolute atomic E-state index is 0.0123. The van der Waals surface area contributed by atoms with Crippen LogP contribution in [0.5, 0.6) is 0 Å². The minimum atomic E-state index is 0.0123. The summed E-state index contributed by atoms with van der Waals surface area (Å²) in [4.78, 5) is 18.7. The number of allylic oxidation sites excluding steroid dienone is 2. The second kappa shape index (κ2) is 6.99. The van der Waals surface area contributed by atoms with Gasteiger partial charge in [0.25, 0.3) is 0 Å². The normalized spacial score (nSPS) is 19.9. The maximum atomic E-state index is 12.3. The van der Waals surface area contributed by atoms with E-state index in [1.807, 2.05) is 19.4 Å². The van der Waals surface area contributed by atoms with Gasteiger partial charge in [-0.1, -0.05) is 12.2 Å². The summed E-state index contributed by atoms with van der Waals surface area (Å²) in [6.07, 6.45) is 7.12. The number of aromatic nitrogens is 1. The summed E-state index contributed by atoms with van der Waals surface area (Å²) < 4.78 is 5.26. The number of carbonyl (C=O) groups excluding carboxylic acids is 1. The molecular weight excluding hydrogens is 272 g/mol. The van der Waals surface area contributed by atoms with Gasteiger partial charge in [0.15, 0.2) is 0 Å². The molecule has 1 amide bonds. The summed E-state index contributed by atoms with van der Waals surface area (Å²) in [7, 11) is 3.54. The van der Waals surface area contributed by atoms with Crippen molar-refractivity contribution >= 4 is 17.2 Å². The standard InChI is InChI=1S/C15H22N2O2S/c1-11(19-3)14-16-13(10-20-14)9-17(2)15(18)12-7-5-4-6-8-12/h4-5,10-12H,6-9H2,1-3H3/t11-,12-/m1/s1. The van der Waals surface area contributed by atoms with E-state index in [2.05, 4.69) is 17.1 Å². The lowest BCUT2D eigenvalue weighted by Crippen LogP contribution is -2.33. The fourth-order valence-corrected chi connectivity index (χ4v) is 3.18. The molecule has 0 unspecified atom stereocenters. The Morgan fingerprint density at radius 3 is 3.05 bits per heavy atom. The number of rotatable bonds is 5. The number of hydrogen-bond donors (Lipinski definition) is 0. The number of thiazole rings is 1. The van der Waals surface area contributed by atoms with Gasteiger partial charge < -0.3 is 9.64 Å². The van der Waals surface area contributed by atoms with Crippen LogP contribution >= 0.6 is 11.3 Å². The van der Waals surface area contributed by atoms with Gasteiger partial charge in [0.2, 0.25) is 5.91 Å². The van der Waals surface area contributed by atoms with Crippen molar-refractivity contribution in [1.29, 1.82) is 0 Å². The molecule has 20 heavy (non-hydrogen) atoms. The Kier molecular flexibility index (Phi) is 5.31. The van der Waals surface area contributed by atoms with Crippen molar-refractivity contribution in [2.24, 2.45) is 5.92 Å². The molecule has 0 aliphatic heterocycles. The smallest absolute Gasteiger partial charge is 0.226 e. The van der Waals surface area contributed by atoms with E-state index in [9.17, 15) is 4.79 Å². The first kappa shape index (κ1) is 15.2. The van der Waals surface area contributed by atoms with E-state index in [0.717, 1.165) is 30.0 Å². The van der Waals surface area contributed by atoms with Crippen molar-refractivity contribution in [3.8, 4) is 0 Å². The first-order valence-corrected chi connectivity index (χ1v) is 7.87. The zero-order valence-electron chi connectivity index (χ0n) is 12.3. The average Bonchev–Trinajstić information content (AvgIpc) is 2.95. The summed E-state index contributed by atoms with van der Waals surface area (Å²) >= 11 is 1.59. The van der Waals surface area contributed by atoms with Gasteiger partial charge in [0.1, 0.15) is 11.1 Å². The van der Waals surface area contributed by atoms with E-state index in [1.54, 1.807) is 23.3 Å². The molecule has 1 aromatic rings. The minimum Gasteiger partial charge on any atom is -0.375 e. The summed E-state index contributed by atoms with van der Waals surface area (Å²) in [5.74, 6) is 0.365. The van der Waals surface area contributed by atoms with Crippen LogP contribution in [0.25, 0.3) is 0 Å². The molecule has 1 aromatic heterocycles. The van der Waals surface area contributed by atoms with Crippen LogP contribution in [0.15, 0.2) is 17.5 Å². The van der Waals surface area contributed by atoms with Crippen LogP contribution in [-0.4, -0.2) is 29.9 Å². The van der Waals surface area contributed by atoms with Crippen LogP contribution in [0, 0.1) is 5.92 Å². The van der Waals surface area contributed by atoms with Crippen molar-refractivity contribution < 1.29 is 9.53 Å². The number of ether oxygens (including phenoxy) is 1. The highest BCUT2D eigenvalue weighted by Crippen LogP contribution is 2.23. The lowest BCUT2D eigenvalue weighted by molar-refractivity contribution is -0.135. The van der Waals surface area contributed by atoms with E-state index in [-0.39, 0.29) is 17.9 Å². The molecule has 0 radical (unpaired) electrons. The molecule has 0 N–H and O–H groups in total. The van der Waals surface area contributed by atoms with Gasteiger partial charge in [0, 0.05) is 25.5 Å². The molecule has 2 atom stereocenters. The van der Waals surface area contributed by atoms with Crippen LogP contribution in [0.1, 0.15) is 43.0 Å². The molecule has 4 nitrogen and oxygen atoms in total. The van der Waals surface area contributed by atoms with E-state index in [0.29, 0.717) is 6.54 Å². The maximum Gasteiger partial charge on any atom is 0.226 e. The van der Waals surface area contributed by atoms with E-state index in [4.69, 9.17) is 4.74 Å². The largest absolute Gasteiger partial charge is 0.375 e. The third kappa shape index (κ3) is 3.67. The maximum absolute atomic E-state index is 12.3. The zero-order chi connectivity index (χ0) is 14.5. The highest BCUT2D eigenvalue weighted by atomic mass is 32.1. The van der Waals surface area contributed by atoms with Gasteiger partial charge in [-0.25, -0.2) is 4.98 Å². The topological polar surface area (TPSA) is 42.4 Å². The van der Waals surface area contributed by atoms with E-state index < -0.39 is 0 Å². The Morgan fingerprint density at radius 1 is 1.60 bits per heavy atom. The Hall–Kier alpha value is -1.20. The number of methoxy groups -OCH3 is 1. The first-order valence-electron chi connectivity index (χ1n) is 6.99. The van der Waals surface area contributed by atoms with Crippen LogP contribution in [-0.2, 0) is 16.1 Å². The average molecular weight is 294 g/mol. The molecule has 1 aliphatic carbocycles. The third-order valence-electron chi connectivity index (χ3n) is 3.66. The van der Waals surface area contributed by atoms with Gasteiger partial charge in [-0.3, -0.25) is 4.79 Å². The molecule has 1 heterocycles. The van der Waals surface area contributed by atoms with Crippen LogP contribution < -0.4 is 0 Å². The molecule has 0 bridgehead atoms. The Labute approximate surface area is 124 Å². The van der Waals surface area contributed by atoms with Crippen LogP contribution in [0.2, 0.25) is 0 Å². The van der Waals surface area contributed by atoms with Crippen molar-refractivity contribution in [1.82, 2.24) is 9.88 Å². The summed E-state index contributed by atoms with van der Waals surface area (Å²) in [6.45, 7) is 2.55. The number of amides is 1. The zero-order valence-corrected chi connectivity index (χ0v) is 13.2. The molecule has 5 heteroatoms. The molecule has 0 aromatic carbocycles. The van der Waals surface area contributed by atoms with Crippen molar-refractivity contribution in [3.63, 3.8) is 0 Å². The third-order valence-corrected chi connectivity index (χ3v) is 4.72. The predicted octanol–water partition coefficient (Wildman–Crippen LogP) is 3.17. The fraction of sp³-hybridized carbons (Fsp3) is 0.600. The van der Waals surface area contributed by atoms with Crippen molar-refractivity contribution in [3.05, 3.63) is 28.2 Å². The Bertz CT molecular complexity index is 484. The molecule has 0 fully saturated rings. The monoisotopic (exact) mass is 294 g/mol. The lowest BCUT2D eigenvalue weighted by Gasteiger charge is -2.23. The van der Waals surface area contributed by atoms with E-state index in [1.165, 1.54) is 0 Å². The number of nitrogens with zero attached hydrogens (tertiary/aromatic N) is 2. The molecule has 2 rings (SSSR count). The molecule has 1 aliphatic rings. The Balaban J connectivity index is 1.93. The molecular formula is C15H22N2O2S. The van der Waals surface area contributed by atoms with Gasteiger partial charge >= 0.3 is 0 Å². The summed E-state index contributed by atoms with van der Waals surface area (Å²) in [5, 5.41) is 2.97. The highest BCUT2D eigenvalue weighted by Gasteiger charge is 2.22. The SMILES string of the molecule is CO[C@H](C)c1nc(CN(C)C(=O)[C@@H]2CC=CCC2)cs1. The van der Waals surface area contributed by atoms with Gasteiger partial charge in [-0.15, -0.1) is 11.3 Å². The van der Waals surface area contributed by atoms with E-state index >= 15 is 0 Å². The lowest BCUT2D eigenvalue weighted by atomic mass is 9.93. The summed E-state index contributed by atoms with van der Waals surface area (Å²) in [5.41, 5.74) is 0.941. The second-order valence-electron chi connectivity index (χ2n) is 5.23. The molecule has 0 saturated heterocycles. The quantitative estimate of drug-likeness (QED) is 0.783. The van der Waals surface area contributed by atoms with Gasteiger partial charge in [-0.05, 0) is 26.2 Å². The molecule has 0 saturated carbocycles. The van der Waals surface area contributed by atoms with Crippen LogP contribution in [0.4, 0.5) is 0 Å².